The molecule has 0 saturated heterocycles. The number of benzene rings is 3. The van der Waals surface area contributed by atoms with Gasteiger partial charge in [0.25, 0.3) is 0 Å². The predicted molar refractivity (Wildman–Crippen MR) is 129 cm³/mol. The van der Waals surface area contributed by atoms with Crippen molar-refractivity contribution in [3.05, 3.63) is 71.5 Å². The lowest BCUT2D eigenvalue weighted by atomic mass is 9.55. The van der Waals surface area contributed by atoms with Gasteiger partial charge in [0.2, 0.25) is 0 Å². The number of rotatable bonds is 1. The van der Waals surface area contributed by atoms with Crippen molar-refractivity contribution in [2.75, 3.05) is 0 Å². The summed E-state index contributed by atoms with van der Waals surface area (Å²) in [7, 11) is 0. The molecule has 0 amide bonds. The monoisotopic (exact) mass is 438 g/mol. The predicted octanol–water partition coefficient (Wildman–Crippen LogP) is 7.82. The molecule has 3 aromatic carbocycles. The first-order valence-electron chi connectivity index (χ1n) is 12.3. The molecule has 2 saturated carbocycles. The van der Waals surface area contributed by atoms with Gasteiger partial charge in [0.15, 0.2) is 0 Å². The lowest BCUT2D eigenvalue weighted by molar-refractivity contribution is -0.129. The average molecular weight is 439 g/mol. The molecule has 1 aromatic heterocycles. The molecule has 2 fully saturated rings. The minimum atomic E-state index is -0.218. The van der Waals surface area contributed by atoms with Crippen molar-refractivity contribution in [2.24, 2.45) is 17.3 Å². The molecule has 1 heterocycles. The number of halogens is 1. The minimum absolute atomic E-state index is 0.139. The molecule has 0 bridgehead atoms. The van der Waals surface area contributed by atoms with Crippen LogP contribution in [0.1, 0.15) is 56.1 Å². The van der Waals surface area contributed by atoms with Gasteiger partial charge >= 0.3 is 0 Å². The molecular formula is C30H27FO2. The fraction of sp³-hybridized carbons (Fsp3) is 0.367. The Balaban J connectivity index is 1.50. The second-order valence-electron chi connectivity index (χ2n) is 10.6. The quantitative estimate of drug-likeness (QED) is 0.303. The Bertz CT molecular complexity index is 1450. The highest BCUT2D eigenvalue weighted by atomic mass is 19.1. The van der Waals surface area contributed by atoms with Gasteiger partial charge in [-0.3, -0.25) is 4.79 Å². The zero-order valence-corrected chi connectivity index (χ0v) is 18.9. The van der Waals surface area contributed by atoms with E-state index < -0.39 is 0 Å². The summed E-state index contributed by atoms with van der Waals surface area (Å²) >= 11 is 0. The van der Waals surface area contributed by atoms with Crippen LogP contribution in [-0.2, 0) is 11.2 Å². The first kappa shape index (κ1) is 19.5. The van der Waals surface area contributed by atoms with Crippen LogP contribution in [0.4, 0.5) is 4.39 Å². The number of fused-ring (bicyclic) bond motifs is 9. The number of furan rings is 1. The van der Waals surface area contributed by atoms with E-state index in [1.54, 1.807) is 6.07 Å². The minimum Gasteiger partial charge on any atom is -0.455 e. The number of hydrogen-bond acceptors (Lipinski definition) is 2. The van der Waals surface area contributed by atoms with Crippen molar-refractivity contribution in [1.82, 2.24) is 0 Å². The fourth-order valence-corrected chi connectivity index (χ4v) is 7.63. The summed E-state index contributed by atoms with van der Waals surface area (Å²) in [5.41, 5.74) is 5.72. The first-order chi connectivity index (χ1) is 16.1. The highest BCUT2D eigenvalue weighted by Crippen LogP contribution is 2.60. The number of carbonyl (C=O) groups is 1. The van der Waals surface area contributed by atoms with Crippen LogP contribution in [0.3, 0.4) is 0 Å². The van der Waals surface area contributed by atoms with E-state index in [1.807, 2.05) is 24.3 Å². The van der Waals surface area contributed by atoms with E-state index in [4.69, 9.17) is 4.42 Å². The molecular weight excluding hydrogens is 411 g/mol. The van der Waals surface area contributed by atoms with Gasteiger partial charge in [0.05, 0.1) is 0 Å². The standard InChI is InChI=1S/C30H27FO2/c1-30-15-14-17-18(24(30)12-13-27(30)32)10-11-20-22(17)16-23(19-6-2-4-8-25(19)31)29-28(20)21-7-3-5-9-26(21)33-29/h2-9,16-18,24H,10-15H2,1H3/t17-,18+,24-,30-/m0/s1. The fourth-order valence-electron chi connectivity index (χ4n) is 7.63. The summed E-state index contributed by atoms with van der Waals surface area (Å²) in [5.74, 6) is 1.70. The maximum atomic E-state index is 15.0. The Labute approximate surface area is 192 Å². The Kier molecular flexibility index (Phi) is 4.02. The van der Waals surface area contributed by atoms with E-state index in [0.717, 1.165) is 66.0 Å². The van der Waals surface area contributed by atoms with Crippen molar-refractivity contribution in [2.45, 2.75) is 51.4 Å². The average Bonchev–Trinajstić information content (AvgIpc) is 3.36. The van der Waals surface area contributed by atoms with Crippen LogP contribution in [0.2, 0.25) is 0 Å². The summed E-state index contributed by atoms with van der Waals surface area (Å²) < 4.78 is 21.4. The topological polar surface area (TPSA) is 30.2 Å². The summed E-state index contributed by atoms with van der Waals surface area (Å²) in [6, 6.07) is 17.4. The normalized spacial score (nSPS) is 28.7. The van der Waals surface area contributed by atoms with Crippen molar-refractivity contribution in [3.8, 4) is 11.1 Å². The SMILES string of the molecule is C[C@]12CC[C@@H]3c4cc(-c5ccccc5F)c5oc6ccccc6c5c4CC[C@H]3[C@@H]1CCC2=O. The number of aryl methyl sites for hydroxylation is 1. The summed E-state index contributed by atoms with van der Waals surface area (Å²) in [6.07, 6.45) is 5.89. The highest BCUT2D eigenvalue weighted by molar-refractivity contribution is 6.12. The molecule has 2 nitrogen and oxygen atoms in total. The molecule has 166 valence electrons. The largest absolute Gasteiger partial charge is 0.455 e. The maximum Gasteiger partial charge on any atom is 0.143 e. The molecule has 33 heavy (non-hydrogen) atoms. The third-order valence-electron chi connectivity index (χ3n) is 9.23. The van der Waals surface area contributed by atoms with Crippen molar-refractivity contribution < 1.29 is 13.6 Å². The van der Waals surface area contributed by atoms with Crippen LogP contribution in [0.5, 0.6) is 0 Å². The molecule has 0 radical (unpaired) electrons. The lowest BCUT2D eigenvalue weighted by Crippen LogP contribution is -2.42. The highest BCUT2D eigenvalue weighted by Gasteiger charge is 2.54. The van der Waals surface area contributed by atoms with E-state index in [2.05, 4.69) is 25.1 Å². The molecule has 0 unspecified atom stereocenters. The van der Waals surface area contributed by atoms with Gasteiger partial charge in [-0.1, -0.05) is 43.3 Å². The van der Waals surface area contributed by atoms with Gasteiger partial charge in [-0.25, -0.2) is 4.39 Å². The second-order valence-corrected chi connectivity index (χ2v) is 10.6. The molecule has 7 rings (SSSR count). The van der Waals surface area contributed by atoms with E-state index in [9.17, 15) is 4.79 Å². The van der Waals surface area contributed by atoms with Crippen molar-refractivity contribution >= 4 is 27.7 Å². The van der Waals surface area contributed by atoms with Crippen LogP contribution in [0.25, 0.3) is 33.1 Å². The molecule has 3 aliphatic rings. The van der Waals surface area contributed by atoms with E-state index in [0.29, 0.717) is 29.1 Å². The molecule has 0 aliphatic heterocycles. The first-order valence-corrected chi connectivity index (χ1v) is 12.3. The lowest BCUT2D eigenvalue weighted by Gasteiger charge is -2.48. The Hall–Kier alpha value is -2.94. The van der Waals surface area contributed by atoms with Crippen molar-refractivity contribution in [1.29, 1.82) is 0 Å². The van der Waals surface area contributed by atoms with Gasteiger partial charge < -0.3 is 4.42 Å². The Morgan fingerprint density at radius 2 is 1.79 bits per heavy atom. The number of para-hydroxylation sites is 1. The smallest absolute Gasteiger partial charge is 0.143 e. The number of Topliss-reactive ketones (excluding diaryl/α,β-unsaturated/α-hetero) is 1. The van der Waals surface area contributed by atoms with Gasteiger partial charge in [-0.2, -0.15) is 0 Å². The molecule has 0 spiro atoms. The molecule has 3 aliphatic carbocycles. The van der Waals surface area contributed by atoms with Crippen molar-refractivity contribution in [3.63, 3.8) is 0 Å². The summed E-state index contributed by atoms with van der Waals surface area (Å²) in [5, 5.41) is 2.28. The van der Waals surface area contributed by atoms with Crippen LogP contribution >= 0.6 is 0 Å². The van der Waals surface area contributed by atoms with E-state index in [-0.39, 0.29) is 11.2 Å². The van der Waals surface area contributed by atoms with Crippen LogP contribution in [0, 0.1) is 23.1 Å². The third kappa shape index (κ3) is 2.57. The van der Waals surface area contributed by atoms with Gasteiger partial charge in [-0.05, 0) is 79.2 Å². The molecule has 0 N–H and O–H groups in total. The summed E-state index contributed by atoms with van der Waals surface area (Å²) in [6.45, 7) is 2.22. The van der Waals surface area contributed by atoms with Gasteiger partial charge in [0.1, 0.15) is 22.8 Å². The van der Waals surface area contributed by atoms with E-state index in [1.165, 1.54) is 17.2 Å². The number of ketones is 1. The van der Waals surface area contributed by atoms with Gasteiger partial charge in [0, 0.05) is 33.7 Å². The zero-order valence-electron chi connectivity index (χ0n) is 18.9. The maximum absolute atomic E-state index is 15.0. The van der Waals surface area contributed by atoms with Crippen LogP contribution in [-0.4, -0.2) is 5.78 Å². The number of hydrogen-bond donors (Lipinski definition) is 0. The van der Waals surface area contributed by atoms with E-state index >= 15 is 4.39 Å². The van der Waals surface area contributed by atoms with Gasteiger partial charge in [-0.15, -0.1) is 0 Å². The third-order valence-corrected chi connectivity index (χ3v) is 9.23. The molecule has 3 heteroatoms. The summed E-state index contributed by atoms with van der Waals surface area (Å²) in [4.78, 5) is 12.8. The number of carbonyl (C=O) groups excluding carboxylic acids is 1. The molecule has 4 aromatic rings. The second kappa shape index (κ2) is 6.79. The Morgan fingerprint density at radius 1 is 0.970 bits per heavy atom. The molecule has 4 atom stereocenters. The van der Waals surface area contributed by atoms with Crippen LogP contribution < -0.4 is 0 Å². The Morgan fingerprint density at radius 3 is 2.67 bits per heavy atom. The van der Waals surface area contributed by atoms with Crippen LogP contribution in [0.15, 0.2) is 59.0 Å². The zero-order chi connectivity index (χ0) is 22.3.